The molecule has 0 bridgehead atoms. The number of piperidine rings is 1. The van der Waals surface area contributed by atoms with Crippen molar-refractivity contribution >= 4 is 24.1 Å². The Bertz CT molecular complexity index is 807. The Morgan fingerprint density at radius 3 is 2.65 bits per heavy atom. The zero-order valence-corrected chi connectivity index (χ0v) is 14.9. The molecule has 1 unspecified atom stereocenters. The van der Waals surface area contributed by atoms with Crippen molar-refractivity contribution in [3.8, 4) is 11.1 Å². The summed E-state index contributed by atoms with van der Waals surface area (Å²) in [5.41, 5.74) is 0.789. The van der Waals surface area contributed by atoms with Gasteiger partial charge in [0.05, 0.1) is 0 Å². The lowest BCUT2D eigenvalue weighted by molar-refractivity contribution is -0.118. The molecule has 2 aliphatic rings. The Balaban J connectivity index is 0.00000196. The second-order valence-corrected chi connectivity index (χ2v) is 6.89. The van der Waals surface area contributed by atoms with Crippen molar-refractivity contribution in [1.82, 2.24) is 10.3 Å². The summed E-state index contributed by atoms with van der Waals surface area (Å²) in [5, 5.41) is 6.16. The molecule has 1 atom stereocenters. The lowest BCUT2D eigenvalue weighted by Gasteiger charge is -2.23. The fourth-order valence-electron chi connectivity index (χ4n) is 3.76. The Morgan fingerprint density at radius 1 is 1.19 bits per heavy atom. The minimum absolute atomic E-state index is 0. The Kier molecular flexibility index (Phi) is 5.25. The maximum atomic E-state index is 13.8. The molecule has 2 heterocycles. The topological polar surface area (TPSA) is 54.0 Å². The van der Waals surface area contributed by atoms with E-state index < -0.39 is 11.6 Å². The highest BCUT2D eigenvalue weighted by Gasteiger charge is 2.57. The minimum atomic E-state index is -0.896. The molecule has 1 amide bonds. The van der Waals surface area contributed by atoms with Gasteiger partial charge in [-0.05, 0) is 56.0 Å². The molecule has 26 heavy (non-hydrogen) atoms. The fraction of sp³-hybridized carbons (Fsp3) is 0.368. The smallest absolute Gasteiger partial charge is 0.229 e. The van der Waals surface area contributed by atoms with Crippen LogP contribution in [0.25, 0.3) is 11.1 Å². The molecule has 138 valence electrons. The summed E-state index contributed by atoms with van der Waals surface area (Å²) in [5.74, 6) is -1.31. The molecule has 0 radical (unpaired) electrons. The van der Waals surface area contributed by atoms with E-state index in [0.717, 1.165) is 38.4 Å². The average Bonchev–Trinajstić information content (AvgIpc) is 3.32. The summed E-state index contributed by atoms with van der Waals surface area (Å²) in [6, 6.07) is 7.28. The zero-order chi connectivity index (χ0) is 17.4. The number of amides is 1. The number of carbonyl (C=O) groups is 1. The van der Waals surface area contributed by atoms with Gasteiger partial charge in [-0.3, -0.25) is 4.79 Å². The van der Waals surface area contributed by atoms with Gasteiger partial charge in [0.25, 0.3) is 0 Å². The van der Waals surface area contributed by atoms with E-state index in [9.17, 15) is 13.6 Å². The molecule has 1 aliphatic heterocycles. The molecule has 1 aliphatic carbocycles. The third-order valence-electron chi connectivity index (χ3n) is 5.38. The summed E-state index contributed by atoms with van der Waals surface area (Å²) >= 11 is 0. The van der Waals surface area contributed by atoms with Crippen molar-refractivity contribution < 1.29 is 13.6 Å². The van der Waals surface area contributed by atoms with Gasteiger partial charge < -0.3 is 10.6 Å². The van der Waals surface area contributed by atoms with Gasteiger partial charge in [-0.15, -0.1) is 12.4 Å². The van der Waals surface area contributed by atoms with E-state index in [1.165, 1.54) is 18.3 Å². The highest BCUT2D eigenvalue weighted by Crippen LogP contribution is 2.58. The number of benzene rings is 1. The fourth-order valence-corrected chi connectivity index (χ4v) is 3.76. The molecule has 2 fully saturated rings. The predicted octanol–water partition coefficient (Wildman–Crippen LogP) is 3.78. The third-order valence-corrected chi connectivity index (χ3v) is 5.38. The molecular weight excluding hydrogens is 360 g/mol. The van der Waals surface area contributed by atoms with Crippen LogP contribution >= 0.6 is 12.4 Å². The number of nitrogens with one attached hydrogen (secondary N) is 2. The van der Waals surface area contributed by atoms with E-state index in [0.29, 0.717) is 11.4 Å². The number of rotatable bonds is 3. The lowest BCUT2D eigenvalue weighted by Crippen LogP contribution is -2.31. The largest absolute Gasteiger partial charge is 0.317 e. The van der Waals surface area contributed by atoms with Crippen molar-refractivity contribution in [2.45, 2.75) is 19.3 Å². The molecule has 1 aromatic heterocycles. The van der Waals surface area contributed by atoms with Gasteiger partial charge >= 0.3 is 0 Å². The van der Waals surface area contributed by atoms with E-state index in [2.05, 4.69) is 15.6 Å². The summed E-state index contributed by atoms with van der Waals surface area (Å²) in [7, 11) is 0. The molecule has 4 rings (SSSR count). The molecule has 7 heteroatoms. The summed E-state index contributed by atoms with van der Waals surface area (Å²) in [6.07, 6.45) is 4.46. The van der Waals surface area contributed by atoms with E-state index in [-0.39, 0.29) is 35.2 Å². The quantitative estimate of drug-likeness (QED) is 0.853. The number of halogens is 3. The zero-order valence-electron chi connectivity index (χ0n) is 14.1. The average molecular weight is 380 g/mol. The molecule has 1 saturated heterocycles. The van der Waals surface area contributed by atoms with Crippen molar-refractivity contribution in [2.24, 2.45) is 11.3 Å². The van der Waals surface area contributed by atoms with Crippen molar-refractivity contribution in [3.05, 3.63) is 48.2 Å². The first-order valence-corrected chi connectivity index (χ1v) is 8.51. The summed E-state index contributed by atoms with van der Waals surface area (Å²) < 4.78 is 27.2. The van der Waals surface area contributed by atoms with Gasteiger partial charge in [0.15, 0.2) is 11.6 Å². The number of hydrogen-bond acceptors (Lipinski definition) is 3. The van der Waals surface area contributed by atoms with Crippen LogP contribution in [0.3, 0.4) is 0 Å². The van der Waals surface area contributed by atoms with Crippen LogP contribution in [0.5, 0.6) is 0 Å². The number of anilines is 1. The van der Waals surface area contributed by atoms with Gasteiger partial charge in [0, 0.05) is 23.2 Å². The predicted molar refractivity (Wildman–Crippen MR) is 98.1 cm³/mol. The van der Waals surface area contributed by atoms with Gasteiger partial charge in [-0.1, -0.05) is 12.1 Å². The van der Waals surface area contributed by atoms with Crippen molar-refractivity contribution in [1.29, 1.82) is 0 Å². The lowest BCUT2D eigenvalue weighted by atomic mass is 9.92. The Hall–Kier alpha value is -2.05. The highest BCUT2D eigenvalue weighted by atomic mass is 35.5. The van der Waals surface area contributed by atoms with Crippen LogP contribution in [0.2, 0.25) is 0 Å². The monoisotopic (exact) mass is 379 g/mol. The first-order chi connectivity index (χ1) is 12.1. The van der Waals surface area contributed by atoms with Crippen LogP contribution in [-0.4, -0.2) is 24.0 Å². The van der Waals surface area contributed by atoms with Gasteiger partial charge in [-0.25, -0.2) is 13.8 Å². The maximum absolute atomic E-state index is 13.8. The standard InChI is InChI=1S/C19H19F2N3O.ClH/c20-15-3-1-2-13(17(15)21)12-4-5-16(23-11-12)24-18(25)14-10-19(14)6-8-22-9-7-19;/h1-5,11,14,22H,6-10H2,(H,23,24,25);1H. The van der Waals surface area contributed by atoms with Crippen LogP contribution in [0.1, 0.15) is 19.3 Å². The number of hydrogen-bond donors (Lipinski definition) is 2. The molecule has 4 nitrogen and oxygen atoms in total. The third kappa shape index (κ3) is 3.44. The Labute approximate surface area is 156 Å². The van der Waals surface area contributed by atoms with Gasteiger partial charge in [0.2, 0.25) is 5.91 Å². The van der Waals surface area contributed by atoms with Crippen LogP contribution in [0, 0.1) is 23.0 Å². The van der Waals surface area contributed by atoms with E-state index >= 15 is 0 Å². The number of carbonyl (C=O) groups excluding carboxylic acids is 1. The molecule has 1 saturated carbocycles. The van der Waals surface area contributed by atoms with Crippen LogP contribution in [0.4, 0.5) is 14.6 Å². The number of aromatic nitrogens is 1. The minimum Gasteiger partial charge on any atom is -0.317 e. The van der Waals surface area contributed by atoms with E-state index in [4.69, 9.17) is 0 Å². The molecule has 2 N–H and O–H groups in total. The molecule has 2 aromatic rings. The summed E-state index contributed by atoms with van der Waals surface area (Å²) in [6.45, 7) is 1.94. The normalized spacial score (nSPS) is 20.3. The van der Waals surface area contributed by atoms with Gasteiger partial charge in [-0.2, -0.15) is 0 Å². The first kappa shape index (κ1) is 18.7. The second kappa shape index (κ2) is 7.29. The van der Waals surface area contributed by atoms with Crippen LogP contribution < -0.4 is 10.6 Å². The van der Waals surface area contributed by atoms with Crippen molar-refractivity contribution in [2.75, 3.05) is 18.4 Å². The second-order valence-electron chi connectivity index (χ2n) is 6.89. The Morgan fingerprint density at radius 2 is 1.96 bits per heavy atom. The van der Waals surface area contributed by atoms with Crippen LogP contribution in [0.15, 0.2) is 36.5 Å². The van der Waals surface area contributed by atoms with Crippen molar-refractivity contribution in [3.63, 3.8) is 0 Å². The van der Waals surface area contributed by atoms with E-state index in [1.54, 1.807) is 12.1 Å². The molecule has 1 spiro atoms. The number of pyridine rings is 1. The van der Waals surface area contributed by atoms with Crippen LogP contribution in [-0.2, 0) is 4.79 Å². The molecule has 1 aromatic carbocycles. The van der Waals surface area contributed by atoms with E-state index in [1.807, 2.05) is 0 Å². The SMILES string of the molecule is Cl.O=C(Nc1ccc(-c2cccc(F)c2F)cn1)C1CC12CCNCC2. The number of nitrogens with zero attached hydrogens (tertiary/aromatic N) is 1. The molecular formula is C19H20ClF2N3O. The van der Waals surface area contributed by atoms with Gasteiger partial charge in [0.1, 0.15) is 5.82 Å². The highest BCUT2D eigenvalue weighted by molar-refractivity contribution is 5.94. The first-order valence-electron chi connectivity index (χ1n) is 8.51. The maximum Gasteiger partial charge on any atom is 0.229 e. The summed E-state index contributed by atoms with van der Waals surface area (Å²) in [4.78, 5) is 16.6.